The summed E-state index contributed by atoms with van der Waals surface area (Å²) in [6.07, 6.45) is -4.98. The Morgan fingerprint density at radius 1 is 1.31 bits per heavy atom. The number of amides is 1. The summed E-state index contributed by atoms with van der Waals surface area (Å²) in [5, 5.41) is 3.60. The first-order valence-electron chi connectivity index (χ1n) is 7.82. The van der Waals surface area contributed by atoms with Crippen LogP contribution in [-0.4, -0.2) is 46.0 Å². The fourth-order valence-electron chi connectivity index (χ4n) is 2.94. The Morgan fingerprint density at radius 2 is 2.00 bits per heavy atom. The van der Waals surface area contributed by atoms with Gasteiger partial charge in [-0.2, -0.15) is 30.8 Å². The lowest BCUT2D eigenvalue weighted by atomic mass is 9.86. The monoisotopic (exact) mass is 389 g/mol. The minimum atomic E-state index is -4.67. The average molecular weight is 389 g/mol. The number of aromatic nitrogens is 2. The van der Waals surface area contributed by atoms with Gasteiger partial charge in [0.2, 0.25) is 17.6 Å². The average Bonchev–Trinajstić information content (AvgIpc) is 3.23. The smallest absolute Gasteiger partial charge is 0.341 e. The lowest BCUT2D eigenvalue weighted by molar-refractivity contribution is -0.193. The molecule has 0 saturated carbocycles. The van der Waals surface area contributed by atoms with Crippen molar-refractivity contribution in [1.82, 2.24) is 15.0 Å². The number of carbonyl (C=O) groups is 1. The Hall–Kier alpha value is -2.10. The summed E-state index contributed by atoms with van der Waals surface area (Å²) in [7, 11) is 0. The molecular formula is C16H15F4N3O2S. The molecule has 2 heterocycles. The fraction of sp³-hybridized carbons (Fsp3) is 0.438. The predicted molar refractivity (Wildman–Crippen MR) is 87.1 cm³/mol. The molecule has 0 bridgehead atoms. The number of carbonyl (C=O) groups excluding carboxylic acids is 1. The molecular weight excluding hydrogens is 374 g/mol. The third-order valence-electron chi connectivity index (χ3n) is 4.43. The van der Waals surface area contributed by atoms with Gasteiger partial charge in [0.05, 0.1) is 0 Å². The molecule has 0 N–H and O–H groups in total. The number of thiol groups is 1. The molecule has 0 radical (unpaired) electrons. The number of rotatable bonds is 4. The highest BCUT2D eigenvalue weighted by atomic mass is 32.1. The maximum absolute atomic E-state index is 13.9. The van der Waals surface area contributed by atoms with Gasteiger partial charge in [-0.3, -0.25) is 4.79 Å². The van der Waals surface area contributed by atoms with E-state index in [1.54, 1.807) is 0 Å². The van der Waals surface area contributed by atoms with E-state index in [1.165, 1.54) is 12.1 Å². The summed E-state index contributed by atoms with van der Waals surface area (Å²) < 4.78 is 59.5. The lowest BCUT2D eigenvalue weighted by Crippen LogP contribution is -2.46. The molecule has 1 aliphatic rings. The van der Waals surface area contributed by atoms with Gasteiger partial charge in [-0.1, -0.05) is 5.16 Å². The molecule has 140 valence electrons. The molecule has 1 amide bonds. The van der Waals surface area contributed by atoms with Crippen LogP contribution in [0.2, 0.25) is 0 Å². The lowest BCUT2D eigenvalue weighted by Gasteiger charge is -2.27. The normalized spacial score (nSPS) is 20.6. The topological polar surface area (TPSA) is 59.2 Å². The number of hydrogen-bond acceptors (Lipinski definition) is 5. The molecule has 1 saturated heterocycles. The van der Waals surface area contributed by atoms with Crippen molar-refractivity contribution in [2.45, 2.75) is 24.4 Å². The van der Waals surface area contributed by atoms with Crippen LogP contribution >= 0.6 is 12.6 Å². The highest BCUT2D eigenvalue weighted by Crippen LogP contribution is 2.47. The maximum atomic E-state index is 13.9. The third kappa shape index (κ3) is 3.29. The van der Waals surface area contributed by atoms with Gasteiger partial charge in [0.15, 0.2) is 5.41 Å². The van der Waals surface area contributed by atoms with Crippen LogP contribution in [0.4, 0.5) is 17.6 Å². The summed E-state index contributed by atoms with van der Waals surface area (Å²) in [6, 6.07) is 5.00. The summed E-state index contributed by atoms with van der Waals surface area (Å²) in [6.45, 7) is -0.630. The predicted octanol–water partition coefficient (Wildman–Crippen LogP) is 3.23. The number of nitrogens with zero attached hydrogens (tertiary/aromatic N) is 3. The van der Waals surface area contributed by atoms with E-state index in [0.717, 1.165) is 17.0 Å². The molecule has 1 fully saturated rings. The summed E-state index contributed by atoms with van der Waals surface area (Å²) in [5.41, 5.74) is -2.08. The first-order chi connectivity index (χ1) is 12.3. The summed E-state index contributed by atoms with van der Waals surface area (Å²) >= 11 is 3.94. The van der Waals surface area contributed by atoms with E-state index in [2.05, 4.69) is 22.8 Å². The first-order valence-corrected chi connectivity index (χ1v) is 8.45. The van der Waals surface area contributed by atoms with Crippen LogP contribution in [0.5, 0.6) is 0 Å². The van der Waals surface area contributed by atoms with Gasteiger partial charge in [0.25, 0.3) is 0 Å². The molecule has 1 unspecified atom stereocenters. The Balaban J connectivity index is 1.93. The van der Waals surface area contributed by atoms with E-state index in [4.69, 9.17) is 4.52 Å². The van der Waals surface area contributed by atoms with Crippen LogP contribution in [0.3, 0.4) is 0 Å². The van der Waals surface area contributed by atoms with Crippen LogP contribution in [-0.2, 0) is 10.2 Å². The van der Waals surface area contributed by atoms with Gasteiger partial charge in [0.1, 0.15) is 5.82 Å². The van der Waals surface area contributed by atoms with Gasteiger partial charge >= 0.3 is 6.18 Å². The van der Waals surface area contributed by atoms with Gasteiger partial charge in [-0.05, 0) is 36.4 Å². The number of alkyl halides is 3. The van der Waals surface area contributed by atoms with Crippen molar-refractivity contribution in [2.24, 2.45) is 0 Å². The molecule has 2 aromatic rings. The first kappa shape index (κ1) is 18.7. The standard InChI is InChI=1S/C16H15F4N3O2S/c17-11-3-1-10(2-4-11)13-21-14(25-22-13)15(16(18,19)20)6-7-23(9-15)12(24)5-8-26/h1-4,26H,5-9H2. The van der Waals surface area contributed by atoms with Crippen LogP contribution < -0.4 is 0 Å². The zero-order valence-corrected chi connectivity index (χ0v) is 14.4. The fourth-order valence-corrected chi connectivity index (χ4v) is 3.13. The molecule has 10 heteroatoms. The second-order valence-electron chi connectivity index (χ2n) is 6.05. The van der Waals surface area contributed by atoms with E-state index in [9.17, 15) is 22.4 Å². The minimum absolute atomic E-state index is 0.0552. The van der Waals surface area contributed by atoms with Gasteiger partial charge < -0.3 is 9.42 Å². The molecule has 1 atom stereocenters. The number of halogens is 4. The van der Waals surface area contributed by atoms with Gasteiger partial charge in [-0.15, -0.1) is 0 Å². The number of likely N-dealkylation sites (tertiary alicyclic amines) is 1. The van der Waals surface area contributed by atoms with E-state index in [-0.39, 0.29) is 31.0 Å². The van der Waals surface area contributed by atoms with E-state index in [0.29, 0.717) is 5.56 Å². The Bertz CT molecular complexity index is 794. The Morgan fingerprint density at radius 3 is 2.62 bits per heavy atom. The number of hydrogen-bond donors (Lipinski definition) is 1. The van der Waals surface area contributed by atoms with Crippen molar-refractivity contribution in [1.29, 1.82) is 0 Å². The van der Waals surface area contributed by atoms with Crippen molar-refractivity contribution in [3.63, 3.8) is 0 Å². The van der Waals surface area contributed by atoms with Crippen LogP contribution in [0.1, 0.15) is 18.7 Å². The van der Waals surface area contributed by atoms with E-state index >= 15 is 0 Å². The maximum Gasteiger partial charge on any atom is 0.405 e. The zero-order valence-electron chi connectivity index (χ0n) is 13.5. The SMILES string of the molecule is O=C(CCS)N1CCC(c2nc(-c3ccc(F)cc3)no2)(C(F)(F)F)C1. The minimum Gasteiger partial charge on any atom is -0.341 e. The summed E-state index contributed by atoms with van der Waals surface area (Å²) in [4.78, 5) is 17.0. The molecule has 26 heavy (non-hydrogen) atoms. The summed E-state index contributed by atoms with van der Waals surface area (Å²) in [5.74, 6) is -1.29. The van der Waals surface area contributed by atoms with Crippen molar-refractivity contribution < 1.29 is 26.9 Å². The Kier molecular flexibility index (Phi) is 4.96. The largest absolute Gasteiger partial charge is 0.405 e. The van der Waals surface area contributed by atoms with E-state index < -0.39 is 35.8 Å². The molecule has 1 aromatic carbocycles. The highest BCUT2D eigenvalue weighted by Gasteiger charge is 2.63. The number of benzene rings is 1. The van der Waals surface area contributed by atoms with Crippen LogP contribution in [0.15, 0.2) is 28.8 Å². The molecule has 5 nitrogen and oxygen atoms in total. The van der Waals surface area contributed by atoms with Crippen LogP contribution in [0.25, 0.3) is 11.4 Å². The van der Waals surface area contributed by atoms with Gasteiger partial charge in [0, 0.05) is 25.1 Å². The second-order valence-corrected chi connectivity index (χ2v) is 6.50. The van der Waals surface area contributed by atoms with Crippen molar-refractivity contribution in [2.75, 3.05) is 18.8 Å². The molecule has 3 rings (SSSR count). The molecule has 0 aliphatic carbocycles. The van der Waals surface area contributed by atoms with Crippen molar-refractivity contribution in [3.05, 3.63) is 36.0 Å². The Labute approximate surface area is 151 Å². The molecule has 0 spiro atoms. The van der Waals surface area contributed by atoms with Crippen molar-refractivity contribution >= 4 is 18.5 Å². The molecule has 1 aromatic heterocycles. The van der Waals surface area contributed by atoms with Crippen molar-refractivity contribution in [3.8, 4) is 11.4 Å². The zero-order chi connectivity index (χ0) is 18.9. The van der Waals surface area contributed by atoms with E-state index in [1.807, 2.05) is 0 Å². The second kappa shape index (κ2) is 6.90. The van der Waals surface area contributed by atoms with Crippen LogP contribution in [0, 0.1) is 5.82 Å². The quantitative estimate of drug-likeness (QED) is 0.644. The highest BCUT2D eigenvalue weighted by molar-refractivity contribution is 7.80. The molecule has 1 aliphatic heterocycles. The van der Waals surface area contributed by atoms with Gasteiger partial charge in [-0.25, -0.2) is 4.39 Å². The third-order valence-corrected chi connectivity index (χ3v) is 4.65.